The summed E-state index contributed by atoms with van der Waals surface area (Å²) >= 11 is 0. The number of benzene rings is 1. The van der Waals surface area contributed by atoms with Crippen molar-refractivity contribution in [3.05, 3.63) is 29.3 Å². The van der Waals surface area contributed by atoms with E-state index in [1.165, 1.54) is 6.08 Å². The summed E-state index contributed by atoms with van der Waals surface area (Å²) < 4.78 is 0. The first-order valence-electron chi connectivity index (χ1n) is 7.04. The lowest BCUT2D eigenvalue weighted by molar-refractivity contribution is -0.111. The minimum Gasteiger partial charge on any atom is -0.322 e. The number of carbonyl (C=O) groups is 1. The molecule has 0 saturated heterocycles. The van der Waals surface area contributed by atoms with E-state index in [0.29, 0.717) is 23.2 Å². The van der Waals surface area contributed by atoms with Crippen LogP contribution in [-0.2, 0) is 4.79 Å². The lowest BCUT2D eigenvalue weighted by atomic mass is 9.75. The summed E-state index contributed by atoms with van der Waals surface area (Å²) in [6.07, 6.45) is 3.33. The van der Waals surface area contributed by atoms with Gasteiger partial charge in [0.1, 0.15) is 15.7 Å². The van der Waals surface area contributed by atoms with E-state index >= 15 is 0 Å². The second-order valence-corrected chi connectivity index (χ2v) is 5.77. The van der Waals surface area contributed by atoms with Gasteiger partial charge in [0.2, 0.25) is 5.91 Å². The van der Waals surface area contributed by atoms with Crippen molar-refractivity contribution in [3.8, 4) is 0 Å². The largest absolute Gasteiger partial charge is 0.322 e. The van der Waals surface area contributed by atoms with Crippen molar-refractivity contribution in [1.29, 1.82) is 0 Å². The fraction of sp³-hybridized carbons (Fsp3) is 0.438. The van der Waals surface area contributed by atoms with Crippen molar-refractivity contribution in [2.75, 3.05) is 26.0 Å². The Hall–Kier alpha value is -1.48. The maximum absolute atomic E-state index is 12.0. The molecule has 0 aliphatic carbocycles. The van der Waals surface area contributed by atoms with Gasteiger partial charge in [-0.15, -0.1) is 0 Å². The van der Waals surface area contributed by atoms with Crippen LogP contribution in [0.1, 0.15) is 30.9 Å². The van der Waals surface area contributed by atoms with Crippen LogP contribution in [0.25, 0.3) is 0 Å². The number of nitrogens with one attached hydrogen (secondary N) is 1. The van der Waals surface area contributed by atoms with Gasteiger partial charge in [-0.2, -0.15) is 0 Å². The zero-order chi connectivity index (χ0) is 16.2. The second-order valence-electron chi connectivity index (χ2n) is 5.77. The van der Waals surface area contributed by atoms with Crippen molar-refractivity contribution in [3.63, 3.8) is 0 Å². The van der Waals surface area contributed by atoms with E-state index in [2.05, 4.69) is 5.32 Å². The number of hydrogen-bond acceptors (Lipinski definition) is 2. The molecule has 0 bridgehead atoms. The van der Waals surface area contributed by atoms with Crippen LogP contribution < -0.4 is 16.2 Å². The van der Waals surface area contributed by atoms with Crippen LogP contribution in [0.15, 0.2) is 18.2 Å². The molecule has 5 heteroatoms. The van der Waals surface area contributed by atoms with Crippen LogP contribution >= 0.6 is 0 Å². The molecule has 108 valence electrons. The fourth-order valence-electron chi connectivity index (χ4n) is 2.11. The highest BCUT2D eigenvalue weighted by atomic mass is 16.1. The van der Waals surface area contributed by atoms with Gasteiger partial charge in [0.15, 0.2) is 0 Å². The monoisotopic (exact) mass is 280 g/mol. The number of rotatable bonds is 5. The Bertz CT molecular complexity index is 552. The first kappa shape index (κ1) is 17.6. The highest BCUT2D eigenvalue weighted by Crippen LogP contribution is 2.22. The van der Waals surface area contributed by atoms with Crippen LogP contribution in [0, 0.1) is 6.92 Å². The molecular weight excluding hydrogens is 258 g/mol. The Morgan fingerprint density at radius 1 is 1.38 bits per heavy atom. The smallest absolute Gasteiger partial charge is 0.248 e. The molecule has 0 atom stereocenters. The van der Waals surface area contributed by atoms with Gasteiger partial charge in [0.25, 0.3) is 0 Å². The molecule has 0 fully saturated rings. The molecule has 0 aliphatic rings. The van der Waals surface area contributed by atoms with Crippen LogP contribution in [0.2, 0.25) is 0 Å². The number of hydrogen-bond donors (Lipinski definition) is 1. The van der Waals surface area contributed by atoms with Gasteiger partial charge in [-0.05, 0) is 38.6 Å². The standard InChI is InChI=1S/C16H22B2N2O/c1-10(2)15-13(9-12(17)11(3)16(15)18)19-14(21)7-6-8-20(4)5/h6-7,9-10H,8H2,1-5H3,(H,19,21)/b7-6+. The maximum Gasteiger partial charge on any atom is 0.248 e. The zero-order valence-corrected chi connectivity index (χ0v) is 13.5. The summed E-state index contributed by atoms with van der Waals surface area (Å²) in [7, 11) is 16.0. The van der Waals surface area contributed by atoms with E-state index < -0.39 is 0 Å². The average Bonchev–Trinajstić information content (AvgIpc) is 2.35. The second kappa shape index (κ2) is 7.51. The molecule has 0 spiro atoms. The first-order valence-corrected chi connectivity index (χ1v) is 7.04. The molecule has 3 nitrogen and oxygen atoms in total. The summed E-state index contributed by atoms with van der Waals surface area (Å²) in [5.41, 5.74) is 3.71. The van der Waals surface area contributed by atoms with E-state index in [-0.39, 0.29) is 11.8 Å². The summed E-state index contributed by atoms with van der Waals surface area (Å²) in [6, 6.07) is 1.78. The normalized spacial score (nSPS) is 11.6. The van der Waals surface area contributed by atoms with Gasteiger partial charge in [-0.1, -0.05) is 36.4 Å². The van der Waals surface area contributed by atoms with Crippen LogP contribution in [0.5, 0.6) is 0 Å². The molecule has 0 unspecified atom stereocenters. The Kier molecular flexibility index (Phi) is 6.28. The van der Waals surface area contributed by atoms with Crippen LogP contribution in [0.3, 0.4) is 0 Å². The number of nitrogens with zero attached hydrogens (tertiary/aromatic N) is 1. The molecule has 0 aromatic heterocycles. The Morgan fingerprint density at radius 3 is 2.52 bits per heavy atom. The predicted molar refractivity (Wildman–Crippen MR) is 92.4 cm³/mol. The number of amides is 1. The highest BCUT2D eigenvalue weighted by Gasteiger charge is 2.14. The summed E-state index contributed by atoms with van der Waals surface area (Å²) in [5.74, 6) is 0.0201. The molecule has 1 amide bonds. The summed E-state index contributed by atoms with van der Waals surface area (Å²) in [6.45, 7) is 6.68. The third-order valence-corrected chi connectivity index (χ3v) is 3.29. The highest BCUT2D eigenvalue weighted by molar-refractivity contribution is 6.41. The van der Waals surface area contributed by atoms with Gasteiger partial charge in [-0.25, -0.2) is 0 Å². The zero-order valence-electron chi connectivity index (χ0n) is 13.5. The maximum atomic E-state index is 12.0. The molecule has 1 aromatic rings. The summed E-state index contributed by atoms with van der Waals surface area (Å²) in [4.78, 5) is 14.0. The Morgan fingerprint density at radius 2 is 2.00 bits per heavy atom. The molecule has 1 rings (SSSR count). The van der Waals surface area contributed by atoms with Crippen LogP contribution in [0.4, 0.5) is 5.69 Å². The molecular formula is C16H22B2N2O. The van der Waals surface area contributed by atoms with Crippen molar-refractivity contribution >= 4 is 38.2 Å². The van der Waals surface area contributed by atoms with Gasteiger partial charge in [-0.3, -0.25) is 4.79 Å². The lowest BCUT2D eigenvalue weighted by Gasteiger charge is -2.20. The Balaban J connectivity index is 3.03. The molecule has 0 saturated carbocycles. The fourth-order valence-corrected chi connectivity index (χ4v) is 2.11. The topological polar surface area (TPSA) is 32.3 Å². The lowest BCUT2D eigenvalue weighted by Crippen LogP contribution is -2.27. The number of anilines is 1. The third-order valence-electron chi connectivity index (χ3n) is 3.29. The third kappa shape index (κ3) is 4.78. The molecule has 1 N–H and O–H groups in total. The van der Waals surface area contributed by atoms with Crippen molar-refractivity contribution in [1.82, 2.24) is 4.90 Å². The van der Waals surface area contributed by atoms with E-state index in [0.717, 1.165) is 11.1 Å². The quantitative estimate of drug-likeness (QED) is 0.638. The van der Waals surface area contributed by atoms with Gasteiger partial charge in [0.05, 0.1) is 0 Å². The van der Waals surface area contributed by atoms with E-state index in [9.17, 15) is 4.79 Å². The van der Waals surface area contributed by atoms with E-state index in [1.54, 1.807) is 6.07 Å². The van der Waals surface area contributed by atoms with Crippen LogP contribution in [-0.4, -0.2) is 47.1 Å². The molecule has 21 heavy (non-hydrogen) atoms. The average molecular weight is 280 g/mol. The minimum absolute atomic E-state index is 0.179. The molecule has 0 aliphatic heterocycles. The van der Waals surface area contributed by atoms with E-state index in [1.807, 2.05) is 45.8 Å². The van der Waals surface area contributed by atoms with E-state index in [4.69, 9.17) is 15.7 Å². The molecule has 1 aromatic carbocycles. The summed E-state index contributed by atoms with van der Waals surface area (Å²) in [5, 5.41) is 2.87. The van der Waals surface area contributed by atoms with Crippen molar-refractivity contribution < 1.29 is 4.79 Å². The van der Waals surface area contributed by atoms with Gasteiger partial charge >= 0.3 is 0 Å². The Labute approximate surface area is 130 Å². The minimum atomic E-state index is -0.179. The van der Waals surface area contributed by atoms with Gasteiger partial charge in [0, 0.05) is 18.3 Å². The molecule has 4 radical (unpaired) electrons. The number of likely N-dealkylation sites (N-methyl/N-ethyl adjacent to an activating group) is 1. The van der Waals surface area contributed by atoms with Gasteiger partial charge < -0.3 is 10.2 Å². The SMILES string of the molecule is [B]c1cc(NC(=O)/C=C/CN(C)C)c(C(C)C)c([B])c1C. The molecule has 0 heterocycles. The number of carbonyl (C=O) groups excluding carboxylic acids is 1. The predicted octanol–water partition coefficient (Wildman–Crippen LogP) is 0.762. The van der Waals surface area contributed by atoms with Crippen molar-refractivity contribution in [2.45, 2.75) is 26.7 Å². The van der Waals surface area contributed by atoms with Crippen molar-refractivity contribution in [2.24, 2.45) is 0 Å². The first-order chi connectivity index (χ1) is 9.73.